The summed E-state index contributed by atoms with van der Waals surface area (Å²) in [5, 5.41) is 0. The Balaban J connectivity index is 2.15. The van der Waals surface area contributed by atoms with Gasteiger partial charge in [-0.3, -0.25) is 4.79 Å². The lowest BCUT2D eigenvalue weighted by molar-refractivity contribution is -0.128. The van der Waals surface area contributed by atoms with Crippen molar-refractivity contribution in [1.29, 1.82) is 0 Å². The van der Waals surface area contributed by atoms with E-state index in [0.717, 1.165) is 0 Å². The van der Waals surface area contributed by atoms with E-state index < -0.39 is 5.97 Å². The van der Waals surface area contributed by atoms with Crippen LogP contribution in [0.5, 0.6) is 5.75 Å². The highest BCUT2D eigenvalue weighted by Gasteiger charge is 2.12. The molecule has 0 atom stereocenters. The van der Waals surface area contributed by atoms with E-state index in [1.807, 2.05) is 0 Å². The second kappa shape index (κ2) is 7.47. The normalized spacial score (nSPS) is 10.7. The highest BCUT2D eigenvalue weighted by Crippen LogP contribution is 2.32. The fraction of sp³-hybridized carbons (Fsp3) is 0. The molecular weight excluding hydrogens is 419 g/mol. The van der Waals surface area contributed by atoms with Gasteiger partial charge < -0.3 is 4.74 Å². The van der Waals surface area contributed by atoms with Crippen molar-refractivity contribution >= 4 is 50.2 Å². The molecule has 0 heterocycles. The quantitative estimate of drug-likeness (QED) is 0.305. The number of rotatable bonds is 4. The van der Waals surface area contributed by atoms with Gasteiger partial charge in [0.2, 0.25) is 0 Å². The second-order valence-corrected chi connectivity index (χ2v) is 6.00. The topological polar surface area (TPSA) is 43.4 Å². The minimum Gasteiger partial charge on any atom is -0.421 e. The van der Waals surface area contributed by atoms with Gasteiger partial charge in [-0.05, 0) is 51.8 Å². The SMILES string of the molecule is O=Cc1cc(Br)cc(Br)c1OC(=O)C=Cc1ccc(F)cc1. The first kappa shape index (κ1) is 16.6. The van der Waals surface area contributed by atoms with E-state index in [2.05, 4.69) is 31.9 Å². The average Bonchev–Trinajstić information content (AvgIpc) is 2.49. The van der Waals surface area contributed by atoms with Crippen LogP contribution in [0.2, 0.25) is 0 Å². The van der Waals surface area contributed by atoms with Crippen LogP contribution in [0.15, 0.2) is 51.4 Å². The first-order chi connectivity index (χ1) is 10.5. The van der Waals surface area contributed by atoms with Crippen LogP contribution in [-0.4, -0.2) is 12.3 Å². The molecular formula is C16H9Br2FO3. The highest BCUT2D eigenvalue weighted by atomic mass is 79.9. The molecule has 0 amide bonds. The summed E-state index contributed by atoms with van der Waals surface area (Å²) in [6, 6.07) is 8.86. The van der Waals surface area contributed by atoms with E-state index in [9.17, 15) is 14.0 Å². The summed E-state index contributed by atoms with van der Waals surface area (Å²) < 4.78 is 19.1. The molecule has 0 spiro atoms. The monoisotopic (exact) mass is 426 g/mol. The van der Waals surface area contributed by atoms with Crippen LogP contribution in [0.25, 0.3) is 6.08 Å². The van der Waals surface area contributed by atoms with Crippen molar-refractivity contribution in [3.05, 3.63) is 68.4 Å². The van der Waals surface area contributed by atoms with E-state index in [0.29, 0.717) is 20.8 Å². The van der Waals surface area contributed by atoms with Gasteiger partial charge in [0.15, 0.2) is 12.0 Å². The summed E-state index contributed by atoms with van der Waals surface area (Å²) in [6.45, 7) is 0. The molecule has 0 bridgehead atoms. The number of carbonyl (C=O) groups excluding carboxylic acids is 2. The Morgan fingerprint density at radius 3 is 2.45 bits per heavy atom. The number of esters is 1. The molecule has 2 aromatic rings. The molecule has 0 radical (unpaired) electrons. The molecule has 0 aliphatic rings. The van der Waals surface area contributed by atoms with E-state index in [1.54, 1.807) is 12.1 Å². The van der Waals surface area contributed by atoms with E-state index >= 15 is 0 Å². The molecule has 0 saturated carbocycles. The molecule has 0 aliphatic heterocycles. The zero-order valence-electron chi connectivity index (χ0n) is 11.1. The fourth-order valence-corrected chi connectivity index (χ4v) is 2.99. The number of halogens is 3. The smallest absolute Gasteiger partial charge is 0.336 e. The predicted molar refractivity (Wildman–Crippen MR) is 88.3 cm³/mol. The first-order valence-electron chi connectivity index (χ1n) is 6.09. The van der Waals surface area contributed by atoms with Crippen LogP contribution in [0, 0.1) is 5.82 Å². The zero-order valence-corrected chi connectivity index (χ0v) is 14.2. The van der Waals surface area contributed by atoms with Crippen LogP contribution in [-0.2, 0) is 4.79 Å². The van der Waals surface area contributed by atoms with Gasteiger partial charge in [0, 0.05) is 10.5 Å². The van der Waals surface area contributed by atoms with Crippen molar-refractivity contribution in [1.82, 2.24) is 0 Å². The van der Waals surface area contributed by atoms with Crippen LogP contribution in [0.4, 0.5) is 4.39 Å². The predicted octanol–water partition coefficient (Wildman–Crippen LogP) is 4.78. The molecule has 2 aromatic carbocycles. The maximum Gasteiger partial charge on any atom is 0.336 e. The third-order valence-electron chi connectivity index (χ3n) is 2.65. The Morgan fingerprint density at radius 1 is 1.14 bits per heavy atom. The molecule has 112 valence electrons. The van der Waals surface area contributed by atoms with Crippen LogP contribution >= 0.6 is 31.9 Å². The highest BCUT2D eigenvalue weighted by molar-refractivity contribution is 9.11. The lowest BCUT2D eigenvalue weighted by atomic mass is 10.2. The molecule has 6 heteroatoms. The van der Waals surface area contributed by atoms with Gasteiger partial charge in [0.25, 0.3) is 0 Å². The Labute approximate surface area is 143 Å². The van der Waals surface area contributed by atoms with Crippen LogP contribution < -0.4 is 4.74 Å². The molecule has 0 saturated heterocycles. The molecule has 22 heavy (non-hydrogen) atoms. The van der Waals surface area contributed by atoms with Gasteiger partial charge in [0.1, 0.15) is 5.82 Å². The number of benzene rings is 2. The standard InChI is InChI=1S/C16H9Br2FO3/c17-12-7-11(9-20)16(14(18)8-12)22-15(21)6-3-10-1-4-13(19)5-2-10/h1-9H. The lowest BCUT2D eigenvalue weighted by Crippen LogP contribution is -2.06. The fourth-order valence-electron chi connectivity index (χ4n) is 1.65. The molecule has 0 aromatic heterocycles. The maximum absolute atomic E-state index is 12.8. The van der Waals surface area contributed by atoms with Crippen LogP contribution in [0.1, 0.15) is 15.9 Å². The number of hydrogen-bond donors (Lipinski definition) is 0. The zero-order chi connectivity index (χ0) is 16.1. The van der Waals surface area contributed by atoms with E-state index in [-0.39, 0.29) is 17.1 Å². The third-order valence-corrected chi connectivity index (χ3v) is 3.70. The number of carbonyl (C=O) groups is 2. The van der Waals surface area contributed by atoms with Gasteiger partial charge >= 0.3 is 5.97 Å². The van der Waals surface area contributed by atoms with Crippen molar-refractivity contribution in [2.24, 2.45) is 0 Å². The largest absolute Gasteiger partial charge is 0.421 e. The Kier molecular flexibility index (Phi) is 5.63. The summed E-state index contributed by atoms with van der Waals surface area (Å²) in [5.41, 5.74) is 0.897. The summed E-state index contributed by atoms with van der Waals surface area (Å²) in [4.78, 5) is 22.9. The lowest BCUT2D eigenvalue weighted by Gasteiger charge is -2.07. The summed E-state index contributed by atoms with van der Waals surface area (Å²) in [7, 11) is 0. The average molecular weight is 428 g/mol. The minimum absolute atomic E-state index is 0.145. The number of aldehydes is 1. The Hall–Kier alpha value is -1.79. The van der Waals surface area contributed by atoms with Crippen molar-refractivity contribution < 1.29 is 18.7 Å². The maximum atomic E-state index is 12.8. The van der Waals surface area contributed by atoms with Gasteiger partial charge in [-0.1, -0.05) is 28.1 Å². The molecule has 2 rings (SSSR count). The van der Waals surface area contributed by atoms with Crippen molar-refractivity contribution in [2.45, 2.75) is 0 Å². The molecule has 0 aliphatic carbocycles. The minimum atomic E-state index is -0.643. The van der Waals surface area contributed by atoms with Gasteiger partial charge in [-0.15, -0.1) is 0 Å². The van der Waals surface area contributed by atoms with E-state index in [1.165, 1.54) is 36.4 Å². The number of ether oxygens (including phenoxy) is 1. The summed E-state index contributed by atoms with van der Waals surface area (Å²) >= 11 is 6.49. The van der Waals surface area contributed by atoms with Crippen molar-refractivity contribution in [3.63, 3.8) is 0 Å². The summed E-state index contributed by atoms with van der Waals surface area (Å²) in [6.07, 6.45) is 3.30. The van der Waals surface area contributed by atoms with Crippen LogP contribution in [0.3, 0.4) is 0 Å². The van der Waals surface area contributed by atoms with Gasteiger partial charge in [-0.25, -0.2) is 9.18 Å². The molecule has 0 N–H and O–H groups in total. The Morgan fingerprint density at radius 2 is 1.82 bits per heavy atom. The first-order valence-corrected chi connectivity index (χ1v) is 7.68. The number of hydrogen-bond acceptors (Lipinski definition) is 3. The van der Waals surface area contributed by atoms with Gasteiger partial charge in [-0.2, -0.15) is 0 Å². The van der Waals surface area contributed by atoms with Crippen molar-refractivity contribution in [3.8, 4) is 5.75 Å². The molecule has 3 nitrogen and oxygen atoms in total. The second-order valence-electron chi connectivity index (χ2n) is 4.23. The van der Waals surface area contributed by atoms with Gasteiger partial charge in [0.05, 0.1) is 10.0 Å². The molecule has 0 unspecified atom stereocenters. The summed E-state index contributed by atoms with van der Waals surface area (Å²) in [5.74, 6) is -0.850. The third kappa shape index (κ3) is 4.35. The molecule has 0 fully saturated rings. The van der Waals surface area contributed by atoms with Crippen molar-refractivity contribution in [2.75, 3.05) is 0 Å². The van der Waals surface area contributed by atoms with E-state index in [4.69, 9.17) is 4.74 Å². The Bertz CT molecular complexity index is 740.